The summed E-state index contributed by atoms with van der Waals surface area (Å²) in [7, 11) is -3.69. The van der Waals surface area contributed by atoms with Crippen molar-refractivity contribution in [3.8, 4) is 0 Å². The zero-order valence-electron chi connectivity index (χ0n) is 9.30. The van der Waals surface area contributed by atoms with Crippen LogP contribution in [0.5, 0.6) is 0 Å². The van der Waals surface area contributed by atoms with Crippen molar-refractivity contribution in [1.82, 2.24) is 4.31 Å². The van der Waals surface area contributed by atoms with E-state index in [4.69, 9.17) is 22.5 Å². The van der Waals surface area contributed by atoms with Crippen LogP contribution in [0.25, 0.3) is 0 Å². The molecule has 0 aliphatic heterocycles. The second kappa shape index (κ2) is 6.20. The Morgan fingerprint density at radius 1 is 1.72 bits per heavy atom. The van der Waals surface area contributed by atoms with E-state index in [2.05, 4.69) is 21.1 Å². The van der Waals surface area contributed by atoms with Gasteiger partial charge in [-0.15, -0.1) is 11.3 Å². The number of nitrogens with zero attached hydrogens (tertiary/aromatic N) is 2. The van der Waals surface area contributed by atoms with Crippen molar-refractivity contribution in [3.05, 3.63) is 14.9 Å². The lowest BCUT2D eigenvalue weighted by Crippen LogP contribution is -2.38. The highest BCUT2D eigenvalue weighted by Crippen LogP contribution is 2.35. The van der Waals surface area contributed by atoms with E-state index >= 15 is 0 Å². The maximum Gasteiger partial charge on any atom is 0.253 e. The predicted octanol–water partition coefficient (Wildman–Crippen LogP) is 1.92. The molecule has 102 valence electrons. The first-order valence-corrected chi connectivity index (χ1v) is 8.17. The smallest absolute Gasteiger partial charge is 0.253 e. The fourth-order valence-electron chi connectivity index (χ4n) is 1.16. The van der Waals surface area contributed by atoms with Crippen molar-refractivity contribution in [2.24, 2.45) is 10.9 Å². The van der Waals surface area contributed by atoms with Crippen molar-refractivity contribution in [2.45, 2.75) is 11.1 Å². The molecule has 0 aromatic carbocycles. The summed E-state index contributed by atoms with van der Waals surface area (Å²) in [4.78, 5) is 0. The van der Waals surface area contributed by atoms with Gasteiger partial charge in [-0.2, -0.15) is 4.31 Å². The lowest BCUT2D eigenvalue weighted by atomic mass is 10.6. The number of amidine groups is 1. The lowest BCUT2D eigenvalue weighted by molar-refractivity contribution is 0.315. The van der Waals surface area contributed by atoms with Gasteiger partial charge >= 0.3 is 0 Å². The van der Waals surface area contributed by atoms with E-state index < -0.39 is 10.0 Å². The molecule has 0 fully saturated rings. The molecule has 1 aromatic heterocycles. The van der Waals surface area contributed by atoms with E-state index in [1.165, 1.54) is 6.07 Å². The molecule has 1 aromatic rings. The number of oxime groups is 1. The average Bonchev–Trinajstić information content (AvgIpc) is 2.66. The summed E-state index contributed by atoms with van der Waals surface area (Å²) >= 11 is 9.98. The molecule has 0 unspecified atom stereocenters. The van der Waals surface area contributed by atoms with Gasteiger partial charge in [-0.05, 0) is 22.0 Å². The molecule has 0 saturated heterocycles. The maximum atomic E-state index is 12.2. The second-order valence-electron chi connectivity index (χ2n) is 3.21. The summed E-state index contributed by atoms with van der Waals surface area (Å²) in [6, 6.07) is 1.36. The molecular weight excluding hydrogens is 366 g/mol. The van der Waals surface area contributed by atoms with Crippen LogP contribution in [0.1, 0.15) is 6.92 Å². The molecule has 3 N–H and O–H groups in total. The molecule has 0 aliphatic rings. The van der Waals surface area contributed by atoms with Crippen molar-refractivity contribution in [1.29, 1.82) is 0 Å². The molecule has 0 atom stereocenters. The third-order valence-electron chi connectivity index (χ3n) is 2.04. The van der Waals surface area contributed by atoms with Crippen LogP contribution in [-0.4, -0.2) is 36.9 Å². The monoisotopic (exact) mass is 375 g/mol. The second-order valence-corrected chi connectivity index (χ2v) is 8.15. The largest absolute Gasteiger partial charge is 0.409 e. The first kappa shape index (κ1) is 15.7. The summed E-state index contributed by atoms with van der Waals surface area (Å²) in [6.45, 7) is 1.68. The lowest BCUT2D eigenvalue weighted by Gasteiger charge is -2.18. The fraction of sp³-hybridized carbons (Fsp3) is 0.375. The van der Waals surface area contributed by atoms with Crippen LogP contribution < -0.4 is 5.73 Å². The van der Waals surface area contributed by atoms with Gasteiger partial charge in [0.05, 0.1) is 15.4 Å². The van der Waals surface area contributed by atoms with Gasteiger partial charge in [-0.1, -0.05) is 23.7 Å². The Hall–Kier alpha value is -0.350. The van der Waals surface area contributed by atoms with Crippen LogP contribution in [0, 0.1) is 0 Å². The SMILES string of the molecule is CCN(CC(N)=NO)S(=O)(=O)c1cc(Cl)c(Br)s1. The van der Waals surface area contributed by atoms with Crippen molar-refractivity contribution < 1.29 is 13.6 Å². The number of halogens is 2. The first-order valence-electron chi connectivity index (χ1n) is 4.74. The predicted molar refractivity (Wildman–Crippen MR) is 74.9 cm³/mol. The molecule has 0 spiro atoms. The zero-order valence-corrected chi connectivity index (χ0v) is 13.3. The third kappa shape index (κ3) is 3.35. The zero-order chi connectivity index (χ0) is 13.9. The molecule has 0 radical (unpaired) electrons. The quantitative estimate of drug-likeness (QED) is 0.355. The Labute approximate surface area is 122 Å². The number of hydrogen-bond donors (Lipinski definition) is 2. The maximum absolute atomic E-state index is 12.2. The van der Waals surface area contributed by atoms with Crippen LogP contribution in [-0.2, 0) is 10.0 Å². The van der Waals surface area contributed by atoms with Gasteiger partial charge in [0, 0.05) is 6.54 Å². The van der Waals surface area contributed by atoms with Crippen LogP contribution in [0.2, 0.25) is 5.02 Å². The van der Waals surface area contributed by atoms with E-state index in [9.17, 15) is 8.42 Å². The van der Waals surface area contributed by atoms with E-state index in [1.807, 2.05) is 0 Å². The minimum atomic E-state index is -3.69. The Kier molecular flexibility index (Phi) is 5.41. The van der Waals surface area contributed by atoms with E-state index in [-0.39, 0.29) is 23.1 Å². The molecule has 1 heterocycles. The van der Waals surface area contributed by atoms with Gasteiger partial charge in [-0.25, -0.2) is 8.42 Å². The summed E-state index contributed by atoms with van der Waals surface area (Å²) in [5, 5.41) is 11.6. The molecule has 10 heteroatoms. The normalized spacial score (nSPS) is 13.2. The molecule has 0 bridgehead atoms. The van der Waals surface area contributed by atoms with Gasteiger partial charge in [0.25, 0.3) is 10.0 Å². The Morgan fingerprint density at radius 3 is 2.72 bits per heavy atom. The molecule has 18 heavy (non-hydrogen) atoms. The minimum Gasteiger partial charge on any atom is -0.409 e. The molecule has 0 amide bonds. The van der Waals surface area contributed by atoms with Crippen LogP contribution in [0.4, 0.5) is 0 Å². The summed E-state index contributed by atoms with van der Waals surface area (Å²) < 4.78 is 26.2. The van der Waals surface area contributed by atoms with E-state index in [1.54, 1.807) is 6.92 Å². The highest BCUT2D eigenvalue weighted by atomic mass is 79.9. The summed E-state index contributed by atoms with van der Waals surface area (Å²) in [5.41, 5.74) is 5.32. The van der Waals surface area contributed by atoms with Crippen molar-refractivity contribution >= 4 is 54.7 Å². The Bertz CT molecular complexity index is 538. The summed E-state index contributed by atoms with van der Waals surface area (Å²) in [6.07, 6.45) is 0. The summed E-state index contributed by atoms with van der Waals surface area (Å²) in [5.74, 6) is -0.179. The van der Waals surface area contributed by atoms with Gasteiger partial charge in [-0.3, -0.25) is 0 Å². The average molecular weight is 377 g/mol. The number of sulfonamides is 1. The molecule has 1 rings (SSSR count). The molecule has 0 saturated carbocycles. The van der Waals surface area contributed by atoms with E-state index in [0.717, 1.165) is 15.6 Å². The number of nitrogens with two attached hydrogens (primary N) is 1. The number of likely N-dealkylation sites (N-methyl/N-ethyl adjacent to an activating group) is 1. The fourth-order valence-corrected chi connectivity index (χ4v) is 5.13. The van der Waals surface area contributed by atoms with Crippen molar-refractivity contribution in [2.75, 3.05) is 13.1 Å². The molecular formula is C8H11BrClN3O3S2. The third-order valence-corrected chi connectivity index (χ3v) is 6.88. The standard InChI is InChI=1S/C8H11BrClN3O3S2/c1-2-13(4-6(11)12-14)18(15,16)7-3-5(10)8(9)17-7/h3,14H,2,4H2,1H3,(H2,11,12). The van der Waals surface area contributed by atoms with E-state index in [0.29, 0.717) is 8.81 Å². The highest BCUT2D eigenvalue weighted by molar-refractivity contribution is 9.11. The van der Waals surface area contributed by atoms with Gasteiger partial charge in [0.2, 0.25) is 0 Å². The van der Waals surface area contributed by atoms with Gasteiger partial charge < -0.3 is 10.9 Å². The first-order chi connectivity index (χ1) is 8.32. The van der Waals surface area contributed by atoms with Crippen LogP contribution >= 0.6 is 38.9 Å². The van der Waals surface area contributed by atoms with Crippen LogP contribution in [0.3, 0.4) is 0 Å². The number of rotatable bonds is 5. The van der Waals surface area contributed by atoms with Crippen LogP contribution in [0.15, 0.2) is 19.2 Å². The molecule has 6 nitrogen and oxygen atoms in total. The number of thiophene rings is 1. The van der Waals surface area contributed by atoms with Gasteiger partial charge in [0.15, 0.2) is 5.84 Å². The number of hydrogen-bond acceptors (Lipinski definition) is 5. The van der Waals surface area contributed by atoms with Gasteiger partial charge in [0.1, 0.15) is 4.21 Å². The Balaban J connectivity index is 3.11. The van der Waals surface area contributed by atoms with Crippen molar-refractivity contribution in [3.63, 3.8) is 0 Å². The molecule has 0 aliphatic carbocycles. The Morgan fingerprint density at radius 2 is 2.33 bits per heavy atom. The highest BCUT2D eigenvalue weighted by Gasteiger charge is 2.26. The topological polar surface area (TPSA) is 96.0 Å². The minimum absolute atomic E-state index is 0.104.